The van der Waals surface area contributed by atoms with E-state index in [1.807, 2.05) is 12.2 Å². The fourth-order valence-electron chi connectivity index (χ4n) is 7.28. The summed E-state index contributed by atoms with van der Waals surface area (Å²) in [7, 11) is -0.838. The number of urea groups is 1. The standard InChI is InChI=1S/C37H43F3N6O7S2/c1-21-27(52-4)11-10-24-28(18-25(41-30(21)24)32-42-29(20-54-32)37(38,39)40)53-23-12-16-46-26(17-23)31(47)43-36(33(48)44-55(50,51)35(2)13-14-35)19-22(36)9-7-5-6-8-15-45(3)34(46)49/h7,9-11,18,20,22-23,26H,5-6,8,12-17,19H2,1-4H3,(H,43,47)(H,44,48)/b9-7-. The first-order valence-corrected chi connectivity index (χ1v) is 20.6. The first kappa shape index (κ1) is 38.8. The third-order valence-corrected chi connectivity index (χ3v) is 14.2. The first-order valence-electron chi connectivity index (χ1n) is 18.2. The Kier molecular flexibility index (Phi) is 10.1. The molecular weight excluding hydrogens is 762 g/mol. The van der Waals surface area contributed by atoms with E-state index in [0.717, 1.165) is 23.1 Å². The fourth-order valence-corrected chi connectivity index (χ4v) is 9.38. The summed E-state index contributed by atoms with van der Waals surface area (Å²) in [6.07, 6.45) is 1.99. The summed E-state index contributed by atoms with van der Waals surface area (Å²) in [5.74, 6) is -1.09. The van der Waals surface area contributed by atoms with E-state index in [0.29, 0.717) is 66.6 Å². The number of thiazole rings is 1. The number of aromatic nitrogens is 2. The quantitative estimate of drug-likeness (QED) is 0.291. The summed E-state index contributed by atoms with van der Waals surface area (Å²) in [4.78, 5) is 53.5. The van der Waals surface area contributed by atoms with Crippen LogP contribution in [0.4, 0.5) is 18.0 Å². The highest BCUT2D eigenvalue weighted by molar-refractivity contribution is 7.91. The number of allylic oxidation sites excluding steroid dienone is 1. The van der Waals surface area contributed by atoms with Crippen molar-refractivity contribution in [2.45, 2.75) is 93.8 Å². The summed E-state index contributed by atoms with van der Waals surface area (Å²) < 4.78 is 80.0. The van der Waals surface area contributed by atoms with Gasteiger partial charge in [-0.15, -0.1) is 11.3 Å². The van der Waals surface area contributed by atoms with Crippen LogP contribution in [-0.4, -0.2) is 95.7 Å². The molecule has 4 amide bonds. The number of halogens is 3. The Morgan fingerprint density at radius 2 is 1.89 bits per heavy atom. The van der Waals surface area contributed by atoms with Gasteiger partial charge in [-0.05, 0) is 64.5 Å². The molecule has 296 valence electrons. The van der Waals surface area contributed by atoms with Crippen LogP contribution in [0.5, 0.6) is 11.5 Å². The van der Waals surface area contributed by atoms with Gasteiger partial charge in [-0.25, -0.2) is 23.2 Å². The highest BCUT2D eigenvalue weighted by Gasteiger charge is 2.63. The van der Waals surface area contributed by atoms with Gasteiger partial charge >= 0.3 is 12.2 Å². The van der Waals surface area contributed by atoms with Crippen molar-refractivity contribution in [3.8, 4) is 22.2 Å². The fraction of sp³-hybridized carbons (Fsp3) is 0.541. The second kappa shape index (κ2) is 14.2. The van der Waals surface area contributed by atoms with Crippen LogP contribution in [0.25, 0.3) is 21.6 Å². The Hall–Kier alpha value is -4.45. The average Bonchev–Trinajstić information content (AvgIpc) is 3.99. The summed E-state index contributed by atoms with van der Waals surface area (Å²) in [6, 6.07) is 3.51. The molecule has 4 aliphatic rings. The summed E-state index contributed by atoms with van der Waals surface area (Å²) in [5, 5.41) is 4.38. The number of rotatable bonds is 7. The molecule has 0 bridgehead atoms. The number of hydrogen-bond donors (Lipinski definition) is 2. The first-order chi connectivity index (χ1) is 26.0. The Bertz CT molecular complexity index is 2170. The molecule has 1 saturated heterocycles. The topological polar surface area (TPSA) is 160 Å². The summed E-state index contributed by atoms with van der Waals surface area (Å²) in [6.45, 7) is 3.92. The monoisotopic (exact) mass is 804 g/mol. The number of carbonyl (C=O) groups excluding carboxylic acids is 3. The molecule has 18 heteroatoms. The number of hydrogen-bond acceptors (Lipinski definition) is 10. The molecule has 3 aromatic rings. The maximum atomic E-state index is 14.4. The van der Waals surface area contributed by atoms with Crippen molar-refractivity contribution in [3.05, 3.63) is 47.0 Å². The molecular formula is C37H43F3N6O7S2. The van der Waals surface area contributed by atoms with Crippen molar-refractivity contribution in [2.24, 2.45) is 5.92 Å². The van der Waals surface area contributed by atoms with Crippen molar-refractivity contribution < 1.29 is 45.4 Å². The summed E-state index contributed by atoms with van der Waals surface area (Å²) in [5.41, 5.74) is -1.36. The van der Waals surface area contributed by atoms with Crippen molar-refractivity contribution in [3.63, 3.8) is 0 Å². The number of benzene rings is 1. The van der Waals surface area contributed by atoms with E-state index in [4.69, 9.17) is 9.47 Å². The smallest absolute Gasteiger partial charge is 0.434 e. The molecule has 4 unspecified atom stereocenters. The molecule has 2 aliphatic heterocycles. The summed E-state index contributed by atoms with van der Waals surface area (Å²) >= 11 is 0.795. The van der Waals surface area contributed by atoms with Crippen LogP contribution < -0.4 is 19.5 Å². The van der Waals surface area contributed by atoms with Gasteiger partial charge in [0.25, 0.3) is 5.91 Å². The van der Waals surface area contributed by atoms with Gasteiger partial charge in [0.15, 0.2) is 5.69 Å². The molecule has 0 spiro atoms. The third-order valence-electron chi connectivity index (χ3n) is 11.2. The minimum absolute atomic E-state index is 0.00372. The highest BCUT2D eigenvalue weighted by atomic mass is 32.2. The zero-order valence-electron chi connectivity index (χ0n) is 30.9. The van der Waals surface area contributed by atoms with Crippen LogP contribution in [0.3, 0.4) is 0 Å². The van der Waals surface area contributed by atoms with Crippen molar-refractivity contribution in [2.75, 3.05) is 27.2 Å². The lowest BCUT2D eigenvalue weighted by atomic mass is 9.97. The highest BCUT2D eigenvalue weighted by Crippen LogP contribution is 2.48. The van der Waals surface area contributed by atoms with Crippen LogP contribution in [0, 0.1) is 12.8 Å². The molecule has 2 N–H and O–H groups in total. The molecule has 2 saturated carbocycles. The number of methoxy groups -OCH3 is 1. The number of alkyl halides is 3. The molecule has 4 atom stereocenters. The van der Waals surface area contributed by atoms with E-state index in [1.54, 1.807) is 37.9 Å². The van der Waals surface area contributed by atoms with E-state index >= 15 is 0 Å². The van der Waals surface area contributed by atoms with E-state index in [1.165, 1.54) is 18.1 Å². The Morgan fingerprint density at radius 3 is 2.58 bits per heavy atom. The van der Waals surface area contributed by atoms with Gasteiger partial charge in [0.05, 0.1) is 17.4 Å². The van der Waals surface area contributed by atoms with Crippen molar-refractivity contribution in [1.29, 1.82) is 0 Å². The average molecular weight is 805 g/mol. The van der Waals surface area contributed by atoms with Gasteiger partial charge in [0.2, 0.25) is 15.9 Å². The Morgan fingerprint density at radius 1 is 1.13 bits per heavy atom. The van der Waals surface area contributed by atoms with Gasteiger partial charge in [0.1, 0.15) is 39.9 Å². The zero-order chi connectivity index (χ0) is 39.5. The Labute approximate surface area is 320 Å². The van der Waals surface area contributed by atoms with Crippen molar-refractivity contribution in [1.82, 2.24) is 29.8 Å². The predicted molar refractivity (Wildman–Crippen MR) is 198 cm³/mol. The van der Waals surface area contributed by atoms with Gasteiger partial charge < -0.3 is 24.6 Å². The van der Waals surface area contributed by atoms with Crippen molar-refractivity contribution >= 4 is 50.1 Å². The van der Waals surface area contributed by atoms with E-state index < -0.39 is 62.1 Å². The van der Waals surface area contributed by atoms with Gasteiger partial charge in [-0.1, -0.05) is 12.2 Å². The molecule has 13 nitrogen and oxygen atoms in total. The zero-order valence-corrected chi connectivity index (χ0v) is 32.5. The predicted octanol–water partition coefficient (Wildman–Crippen LogP) is 5.57. The van der Waals surface area contributed by atoms with Crippen LogP contribution in [0.2, 0.25) is 0 Å². The lowest BCUT2D eigenvalue weighted by molar-refractivity contribution is -0.140. The lowest BCUT2D eigenvalue weighted by Gasteiger charge is -2.40. The molecule has 2 aliphatic carbocycles. The second-order valence-corrected chi connectivity index (χ2v) is 18.1. The number of nitrogens with one attached hydrogen (secondary N) is 2. The van der Waals surface area contributed by atoms with Crippen LogP contribution in [-0.2, 0) is 25.8 Å². The minimum atomic E-state index is -4.64. The molecule has 7 rings (SSSR count). The number of fused-ring (bicyclic) bond motifs is 3. The lowest BCUT2D eigenvalue weighted by Crippen LogP contribution is -2.61. The van der Waals surface area contributed by atoms with Crippen LogP contribution in [0.15, 0.2) is 35.7 Å². The normalized spacial score (nSPS) is 26.3. The minimum Gasteiger partial charge on any atom is -0.496 e. The number of sulfonamides is 1. The number of piperidine rings is 1. The van der Waals surface area contributed by atoms with Gasteiger partial charge in [0, 0.05) is 61.3 Å². The van der Waals surface area contributed by atoms with Crippen LogP contribution in [0.1, 0.15) is 69.5 Å². The number of ether oxygens (including phenoxy) is 2. The number of carbonyl (C=O) groups is 3. The molecule has 2 aromatic heterocycles. The maximum absolute atomic E-state index is 14.4. The van der Waals surface area contributed by atoms with E-state index in [9.17, 15) is 36.0 Å². The molecule has 1 aromatic carbocycles. The third kappa shape index (κ3) is 7.46. The molecule has 0 radical (unpaired) electrons. The SMILES string of the molecule is COc1ccc2c(OC3CCN4C(=O)N(C)CCCC/C=C\C5CC5(C(=O)NS(=O)(=O)C5(C)CC5)NC(=O)C4C3)cc(-c3nc(C(F)(F)F)cs3)nc2c1C. The van der Waals surface area contributed by atoms with Gasteiger partial charge in [-0.2, -0.15) is 13.2 Å². The maximum Gasteiger partial charge on any atom is 0.434 e. The number of nitrogens with zero attached hydrogens (tertiary/aromatic N) is 4. The van der Waals surface area contributed by atoms with Crippen LogP contribution >= 0.6 is 11.3 Å². The molecule has 55 heavy (non-hydrogen) atoms. The number of pyridine rings is 1. The second-order valence-electron chi connectivity index (χ2n) is 15.1. The van der Waals surface area contributed by atoms with Gasteiger partial charge in [-0.3, -0.25) is 14.3 Å². The molecule has 4 heterocycles. The Balaban J connectivity index is 1.21. The number of amides is 4. The number of aryl methyl sites for hydroxylation is 1. The van der Waals surface area contributed by atoms with E-state index in [-0.39, 0.29) is 36.1 Å². The largest absolute Gasteiger partial charge is 0.496 e. The molecule has 3 fully saturated rings. The van der Waals surface area contributed by atoms with E-state index in [2.05, 4.69) is 20.0 Å².